The number of fused-ring (bicyclic) bond motifs is 1. The minimum atomic E-state index is -4.54. The van der Waals surface area contributed by atoms with Crippen molar-refractivity contribution in [3.63, 3.8) is 0 Å². The van der Waals surface area contributed by atoms with Crippen molar-refractivity contribution in [1.82, 2.24) is 14.5 Å². The van der Waals surface area contributed by atoms with Gasteiger partial charge in [0.15, 0.2) is 0 Å². The Morgan fingerprint density at radius 2 is 1.82 bits per heavy atom. The number of halogens is 3. The quantitative estimate of drug-likeness (QED) is 0.316. The summed E-state index contributed by atoms with van der Waals surface area (Å²) in [4.78, 5) is 8.37. The summed E-state index contributed by atoms with van der Waals surface area (Å²) in [5.41, 5.74) is 0.328. The Morgan fingerprint density at radius 3 is 2.55 bits per heavy atom. The van der Waals surface area contributed by atoms with Crippen molar-refractivity contribution < 1.29 is 33.2 Å². The largest absolute Gasteiger partial charge is 0.494 e. The highest BCUT2D eigenvalue weighted by atomic mass is 32.1. The maximum absolute atomic E-state index is 13.1. The number of thiazole rings is 1. The van der Waals surface area contributed by atoms with Crippen LogP contribution in [0.3, 0.4) is 0 Å². The summed E-state index contributed by atoms with van der Waals surface area (Å²) in [5, 5.41) is 32.7. The van der Waals surface area contributed by atoms with E-state index < -0.39 is 17.8 Å². The average Bonchev–Trinajstić information content (AvgIpc) is 3.39. The summed E-state index contributed by atoms with van der Waals surface area (Å²) in [5.74, 6) is -0.0546. The van der Waals surface area contributed by atoms with Gasteiger partial charge in [0.25, 0.3) is 0 Å². The van der Waals surface area contributed by atoms with Gasteiger partial charge in [0.1, 0.15) is 24.1 Å². The van der Waals surface area contributed by atoms with E-state index in [1.54, 1.807) is 11.3 Å². The molecule has 0 saturated carbocycles. The molecule has 12 heteroatoms. The summed E-state index contributed by atoms with van der Waals surface area (Å²) < 4.78 is 47.2. The van der Waals surface area contributed by atoms with E-state index in [1.165, 1.54) is 18.2 Å². The van der Waals surface area contributed by atoms with Crippen molar-refractivity contribution >= 4 is 27.2 Å². The van der Waals surface area contributed by atoms with Crippen molar-refractivity contribution in [3.8, 4) is 23.2 Å². The van der Waals surface area contributed by atoms with Crippen LogP contribution in [0.2, 0.25) is 0 Å². The Balaban J connectivity index is 1.17. The second-order valence-electron chi connectivity index (χ2n) is 9.21. The third kappa shape index (κ3) is 5.52. The molecule has 1 fully saturated rings. The number of aromatic nitrogens is 2. The topological polar surface area (TPSA) is 94.2 Å². The number of nitrogens with zero attached hydrogens (tertiary/aromatic N) is 4. The van der Waals surface area contributed by atoms with Gasteiger partial charge in [-0.15, -0.1) is 11.3 Å². The van der Waals surface area contributed by atoms with Crippen LogP contribution in [0.25, 0.3) is 15.9 Å². The van der Waals surface area contributed by atoms with E-state index >= 15 is 0 Å². The number of alkyl halides is 3. The number of hydrogen-bond donors (Lipinski definition) is 3. The van der Waals surface area contributed by atoms with Gasteiger partial charge in [-0.25, -0.2) is 9.55 Å². The predicted molar refractivity (Wildman–Crippen MR) is 139 cm³/mol. The first-order valence-corrected chi connectivity index (χ1v) is 12.9. The monoisotopic (exact) mass is 548 g/mol. The molecule has 2 aromatic heterocycles. The number of piperazine rings is 1. The van der Waals surface area contributed by atoms with Crippen LogP contribution in [0.4, 0.5) is 18.9 Å². The van der Waals surface area contributed by atoms with Gasteiger partial charge in [0.2, 0.25) is 11.8 Å². The maximum atomic E-state index is 13.1. The third-order valence-corrected chi connectivity index (χ3v) is 7.41. The molecule has 38 heavy (non-hydrogen) atoms. The molecule has 4 aromatic rings. The van der Waals surface area contributed by atoms with Crippen LogP contribution in [-0.2, 0) is 6.18 Å². The fraction of sp³-hybridized carbons (Fsp3) is 0.346. The van der Waals surface area contributed by atoms with Gasteiger partial charge in [-0.3, -0.25) is 4.90 Å². The van der Waals surface area contributed by atoms with Crippen LogP contribution in [0.15, 0.2) is 48.5 Å². The van der Waals surface area contributed by atoms with E-state index in [1.807, 2.05) is 30.0 Å². The normalized spacial score (nSPS) is 15.8. The summed E-state index contributed by atoms with van der Waals surface area (Å²) in [6.07, 6.45) is -5.26. The Bertz CT molecular complexity index is 1430. The average molecular weight is 549 g/mol. The van der Waals surface area contributed by atoms with Crippen LogP contribution >= 0.6 is 11.3 Å². The van der Waals surface area contributed by atoms with Gasteiger partial charge < -0.3 is 25.0 Å². The highest BCUT2D eigenvalue weighted by Gasteiger charge is 2.31. The van der Waals surface area contributed by atoms with Crippen molar-refractivity contribution in [3.05, 3.63) is 59.1 Å². The fourth-order valence-corrected chi connectivity index (χ4v) is 5.42. The van der Waals surface area contributed by atoms with Gasteiger partial charge in [0, 0.05) is 44.9 Å². The van der Waals surface area contributed by atoms with E-state index in [4.69, 9.17) is 4.74 Å². The number of rotatable bonds is 7. The van der Waals surface area contributed by atoms with Gasteiger partial charge in [-0.05, 0) is 37.3 Å². The van der Waals surface area contributed by atoms with Crippen LogP contribution in [0.1, 0.15) is 10.6 Å². The Kier molecular flexibility index (Phi) is 7.12. The number of benzene rings is 2. The number of β-amino-alcohol motifs (C(OH)–C–C–N with tert-alkyl or cyclic N) is 1. The van der Waals surface area contributed by atoms with E-state index in [0.29, 0.717) is 44.2 Å². The Morgan fingerprint density at radius 1 is 1.05 bits per heavy atom. The molecule has 3 heterocycles. The van der Waals surface area contributed by atoms with Gasteiger partial charge >= 0.3 is 6.18 Å². The smallest absolute Gasteiger partial charge is 0.416 e. The molecule has 202 valence electrons. The molecule has 3 N–H and O–H groups in total. The molecule has 2 aromatic carbocycles. The second kappa shape index (κ2) is 10.4. The molecule has 0 radical (unpaired) electrons. The van der Waals surface area contributed by atoms with Crippen molar-refractivity contribution in [2.45, 2.75) is 19.2 Å². The first kappa shape index (κ1) is 26.1. The third-order valence-electron chi connectivity index (χ3n) is 6.46. The first-order chi connectivity index (χ1) is 18.1. The molecular formula is C26H27F3N4O4S. The number of aliphatic hydroxyl groups is 1. The van der Waals surface area contributed by atoms with E-state index in [0.717, 1.165) is 31.9 Å². The summed E-state index contributed by atoms with van der Waals surface area (Å²) >= 11 is 1.61. The molecular weight excluding hydrogens is 521 g/mol. The zero-order valence-electron chi connectivity index (χ0n) is 20.5. The van der Waals surface area contributed by atoms with Crippen molar-refractivity contribution in [1.29, 1.82) is 0 Å². The molecule has 1 atom stereocenters. The molecule has 0 aliphatic carbocycles. The lowest BCUT2D eigenvalue weighted by Crippen LogP contribution is -2.49. The number of anilines is 1. The number of aryl methyl sites for hydroxylation is 1. The van der Waals surface area contributed by atoms with Crippen LogP contribution in [0.5, 0.6) is 17.5 Å². The second-order valence-corrected chi connectivity index (χ2v) is 10.4. The van der Waals surface area contributed by atoms with E-state index in [9.17, 15) is 28.5 Å². The van der Waals surface area contributed by atoms with E-state index in [2.05, 4.69) is 9.88 Å². The molecule has 0 bridgehead atoms. The molecule has 0 unspecified atom stereocenters. The Hall–Kier alpha value is -3.48. The van der Waals surface area contributed by atoms with E-state index in [-0.39, 0.29) is 24.1 Å². The predicted octanol–water partition coefficient (Wildman–Crippen LogP) is 4.39. The summed E-state index contributed by atoms with van der Waals surface area (Å²) in [6, 6.07) is 11.4. The highest BCUT2D eigenvalue weighted by Crippen LogP contribution is 2.39. The Labute approximate surface area is 220 Å². The van der Waals surface area contributed by atoms with Gasteiger partial charge in [0.05, 0.1) is 26.5 Å². The fourth-order valence-electron chi connectivity index (χ4n) is 4.61. The lowest BCUT2D eigenvalue weighted by atomic mass is 10.2. The number of ether oxygens (including phenoxy) is 1. The molecule has 8 nitrogen and oxygen atoms in total. The van der Waals surface area contributed by atoms with Crippen molar-refractivity contribution in [2.24, 2.45) is 0 Å². The van der Waals surface area contributed by atoms with Crippen molar-refractivity contribution in [2.75, 3.05) is 44.2 Å². The van der Waals surface area contributed by atoms with Crippen LogP contribution in [-0.4, -0.2) is 75.2 Å². The zero-order valence-corrected chi connectivity index (χ0v) is 21.3. The lowest BCUT2D eigenvalue weighted by molar-refractivity contribution is -0.137. The molecule has 0 spiro atoms. The maximum Gasteiger partial charge on any atom is 0.416 e. The van der Waals surface area contributed by atoms with Crippen LogP contribution < -0.4 is 9.64 Å². The molecule has 1 aliphatic heterocycles. The molecule has 0 amide bonds. The molecule has 1 saturated heterocycles. The van der Waals surface area contributed by atoms with Crippen LogP contribution in [0, 0.1) is 6.92 Å². The number of aromatic hydroxyl groups is 2. The van der Waals surface area contributed by atoms with Gasteiger partial charge in [-0.2, -0.15) is 13.2 Å². The SMILES string of the molecule is Cc1nc2cc(OC[C@H](O)CN3CCN(c4cc(O)n(-c5cccc(C(F)(F)F)c5)c4O)CC3)ccc2s1. The lowest BCUT2D eigenvalue weighted by Gasteiger charge is -2.36. The number of hydrogen-bond acceptors (Lipinski definition) is 8. The highest BCUT2D eigenvalue weighted by molar-refractivity contribution is 7.18. The number of aliphatic hydroxyl groups excluding tert-OH is 1. The summed E-state index contributed by atoms with van der Waals surface area (Å²) in [6.45, 7) is 4.62. The zero-order chi connectivity index (χ0) is 27.0. The summed E-state index contributed by atoms with van der Waals surface area (Å²) in [7, 11) is 0. The molecule has 1 aliphatic rings. The molecule has 5 rings (SSSR count). The first-order valence-electron chi connectivity index (χ1n) is 12.0. The van der Waals surface area contributed by atoms with Gasteiger partial charge in [-0.1, -0.05) is 6.07 Å². The minimum Gasteiger partial charge on any atom is -0.494 e. The standard InChI is InChI=1S/C26H27F3N4O4S/c1-16-30-21-12-20(5-6-23(21)38-16)37-15-19(34)14-31-7-9-32(10-8-31)22-13-24(35)33(25(22)36)18-4-2-3-17(11-18)26(27,28)29/h2-6,11-13,19,34-36H,7-10,14-15H2,1H3/t19-/m1/s1. The minimum absolute atomic E-state index is 0.00639.